The minimum atomic E-state index is -0.660. The van der Waals surface area contributed by atoms with E-state index < -0.39 is 11.9 Å². The summed E-state index contributed by atoms with van der Waals surface area (Å²) in [6, 6.07) is 0. The maximum absolute atomic E-state index is 10.3. The first-order chi connectivity index (χ1) is 14.9. The second-order valence-corrected chi connectivity index (χ2v) is 9.48. The van der Waals surface area contributed by atoms with Crippen molar-refractivity contribution in [2.24, 2.45) is 5.92 Å². The molecule has 4 heteroatoms. The number of carboxylic acids is 2. The Hall–Kier alpha value is -1.06. The van der Waals surface area contributed by atoms with Crippen molar-refractivity contribution in [1.82, 2.24) is 0 Å². The number of carboxylic acid groups (broad SMARTS) is 2. The highest BCUT2D eigenvalue weighted by atomic mass is 16.4. The molecule has 0 fully saturated rings. The van der Waals surface area contributed by atoms with Crippen molar-refractivity contribution in [2.75, 3.05) is 0 Å². The molecule has 0 aromatic rings. The van der Waals surface area contributed by atoms with E-state index in [1.807, 2.05) is 0 Å². The summed E-state index contributed by atoms with van der Waals surface area (Å²) in [7, 11) is 0. The Morgan fingerprint density at radius 1 is 0.516 bits per heavy atom. The topological polar surface area (TPSA) is 74.6 Å². The van der Waals surface area contributed by atoms with E-state index in [0.29, 0.717) is 12.8 Å². The summed E-state index contributed by atoms with van der Waals surface area (Å²) in [4.78, 5) is 20.5. The maximum atomic E-state index is 10.3. The van der Waals surface area contributed by atoms with Gasteiger partial charge in [0.25, 0.3) is 0 Å². The number of hydrogen-bond donors (Lipinski definition) is 2. The van der Waals surface area contributed by atoms with Crippen LogP contribution in [0.2, 0.25) is 0 Å². The van der Waals surface area contributed by atoms with Gasteiger partial charge in [-0.25, -0.2) is 0 Å². The highest BCUT2D eigenvalue weighted by molar-refractivity contribution is 5.66. The van der Waals surface area contributed by atoms with Crippen LogP contribution in [0.25, 0.3) is 0 Å². The van der Waals surface area contributed by atoms with Gasteiger partial charge >= 0.3 is 11.9 Å². The first kappa shape index (κ1) is 32.1. The predicted octanol–water partition coefficient (Wildman–Crippen LogP) is 9.01. The smallest absolute Gasteiger partial charge is 0.303 e. The van der Waals surface area contributed by atoms with E-state index in [-0.39, 0.29) is 0 Å². The van der Waals surface area contributed by atoms with Gasteiger partial charge in [-0.1, -0.05) is 130 Å². The molecule has 0 aromatic carbocycles. The Bertz CT molecular complexity index is 379. The number of unbranched alkanes of at least 4 members (excludes halogenated alkanes) is 16. The van der Waals surface area contributed by atoms with Crippen LogP contribution in [0.15, 0.2) is 0 Å². The van der Waals surface area contributed by atoms with Gasteiger partial charge in [0.2, 0.25) is 0 Å². The molecule has 0 unspecified atom stereocenters. The van der Waals surface area contributed by atoms with Crippen molar-refractivity contribution >= 4 is 11.9 Å². The van der Waals surface area contributed by atoms with Crippen LogP contribution in [0.5, 0.6) is 0 Å². The van der Waals surface area contributed by atoms with Gasteiger partial charge in [-0.2, -0.15) is 0 Å². The van der Waals surface area contributed by atoms with Crippen molar-refractivity contribution in [2.45, 2.75) is 156 Å². The summed E-state index contributed by atoms with van der Waals surface area (Å²) >= 11 is 0. The standard InChI is InChI=1S/C14H28O2.C13H26O2/c1-2-3-4-5-6-7-8-9-10-11-12-13-14(15)16;1-12(2)10-8-6-4-3-5-7-9-11-13(14)15/h2-13H2,1H3,(H,15,16);12H,3-11H2,1-2H3,(H,14,15). The third-order valence-electron chi connectivity index (χ3n) is 5.67. The molecule has 0 amide bonds. The minimum absolute atomic E-state index is 0.341. The fourth-order valence-corrected chi connectivity index (χ4v) is 3.65. The fourth-order valence-electron chi connectivity index (χ4n) is 3.65. The third-order valence-corrected chi connectivity index (χ3v) is 5.67. The summed E-state index contributed by atoms with van der Waals surface area (Å²) in [5.41, 5.74) is 0. The normalized spacial score (nSPS) is 10.7. The van der Waals surface area contributed by atoms with Crippen molar-refractivity contribution in [3.63, 3.8) is 0 Å². The van der Waals surface area contributed by atoms with Gasteiger partial charge in [-0.15, -0.1) is 0 Å². The van der Waals surface area contributed by atoms with Gasteiger partial charge in [-0.3, -0.25) is 9.59 Å². The van der Waals surface area contributed by atoms with E-state index in [1.54, 1.807) is 0 Å². The van der Waals surface area contributed by atoms with Crippen LogP contribution in [0.3, 0.4) is 0 Å². The van der Waals surface area contributed by atoms with Crippen LogP contribution in [0, 0.1) is 5.92 Å². The highest BCUT2D eigenvalue weighted by Crippen LogP contribution is 2.13. The van der Waals surface area contributed by atoms with Crippen LogP contribution in [0.4, 0.5) is 0 Å². The Kier molecular flexibility index (Phi) is 28.0. The van der Waals surface area contributed by atoms with Crippen molar-refractivity contribution < 1.29 is 19.8 Å². The Balaban J connectivity index is 0. The van der Waals surface area contributed by atoms with Crippen molar-refractivity contribution in [1.29, 1.82) is 0 Å². The van der Waals surface area contributed by atoms with E-state index in [0.717, 1.165) is 31.6 Å². The maximum Gasteiger partial charge on any atom is 0.303 e. The van der Waals surface area contributed by atoms with Gasteiger partial charge in [0.05, 0.1) is 0 Å². The molecule has 0 saturated heterocycles. The van der Waals surface area contributed by atoms with Crippen LogP contribution in [0.1, 0.15) is 156 Å². The molecule has 0 aliphatic rings. The molecule has 0 aliphatic carbocycles. The molecule has 0 spiro atoms. The lowest BCUT2D eigenvalue weighted by Crippen LogP contribution is -1.93. The number of aliphatic carboxylic acids is 2. The Morgan fingerprint density at radius 2 is 0.806 bits per heavy atom. The second kappa shape index (κ2) is 27.0. The zero-order chi connectivity index (χ0) is 23.6. The largest absolute Gasteiger partial charge is 0.481 e. The van der Waals surface area contributed by atoms with Gasteiger partial charge in [0.15, 0.2) is 0 Å². The molecule has 0 saturated carbocycles. The minimum Gasteiger partial charge on any atom is -0.481 e. The average Bonchev–Trinajstić information content (AvgIpc) is 2.70. The van der Waals surface area contributed by atoms with Gasteiger partial charge in [0, 0.05) is 12.8 Å². The molecule has 0 aliphatic heterocycles. The first-order valence-corrected chi connectivity index (χ1v) is 13.3. The lowest BCUT2D eigenvalue weighted by atomic mass is 10.0. The molecule has 4 nitrogen and oxygen atoms in total. The van der Waals surface area contributed by atoms with Crippen molar-refractivity contribution in [3.8, 4) is 0 Å². The van der Waals surface area contributed by atoms with Gasteiger partial charge < -0.3 is 10.2 Å². The molecule has 0 heterocycles. The first-order valence-electron chi connectivity index (χ1n) is 13.3. The summed E-state index contributed by atoms with van der Waals surface area (Å²) in [6.07, 6.45) is 24.5. The Morgan fingerprint density at radius 3 is 1.10 bits per heavy atom. The van der Waals surface area contributed by atoms with Crippen molar-refractivity contribution in [3.05, 3.63) is 0 Å². The summed E-state index contributed by atoms with van der Waals surface area (Å²) in [5.74, 6) is -0.483. The van der Waals surface area contributed by atoms with Crippen LogP contribution >= 0.6 is 0 Å². The van der Waals surface area contributed by atoms with E-state index in [2.05, 4.69) is 20.8 Å². The second-order valence-electron chi connectivity index (χ2n) is 9.48. The quantitative estimate of drug-likeness (QED) is 0.164. The third kappa shape index (κ3) is 36.6. The lowest BCUT2D eigenvalue weighted by molar-refractivity contribution is -0.138. The molecule has 0 aromatic heterocycles. The van der Waals surface area contributed by atoms with E-state index >= 15 is 0 Å². The predicted molar refractivity (Wildman–Crippen MR) is 133 cm³/mol. The Labute approximate surface area is 193 Å². The van der Waals surface area contributed by atoms with E-state index in [4.69, 9.17) is 10.2 Å². The molecule has 0 radical (unpaired) electrons. The molecule has 31 heavy (non-hydrogen) atoms. The highest BCUT2D eigenvalue weighted by Gasteiger charge is 1.98. The monoisotopic (exact) mass is 442 g/mol. The fraction of sp³-hybridized carbons (Fsp3) is 0.926. The van der Waals surface area contributed by atoms with Crippen LogP contribution in [-0.2, 0) is 9.59 Å². The molecule has 0 rings (SSSR count). The summed E-state index contributed by atoms with van der Waals surface area (Å²) in [6.45, 7) is 6.79. The molecule has 2 N–H and O–H groups in total. The lowest BCUT2D eigenvalue weighted by Gasteiger charge is -2.04. The zero-order valence-corrected chi connectivity index (χ0v) is 21.1. The van der Waals surface area contributed by atoms with Crippen LogP contribution in [-0.4, -0.2) is 22.2 Å². The molecule has 186 valence electrons. The SMILES string of the molecule is CC(C)CCCCCCCCCC(=O)O.CCCCCCCCCCCCCC(=O)O. The molecular formula is C27H54O4. The van der Waals surface area contributed by atoms with Gasteiger partial charge in [0.1, 0.15) is 0 Å². The summed E-state index contributed by atoms with van der Waals surface area (Å²) in [5, 5.41) is 16.9. The number of carbonyl (C=O) groups is 2. The zero-order valence-electron chi connectivity index (χ0n) is 21.1. The number of hydrogen-bond acceptors (Lipinski definition) is 2. The van der Waals surface area contributed by atoms with E-state index in [1.165, 1.54) is 96.3 Å². The average molecular weight is 443 g/mol. The summed E-state index contributed by atoms with van der Waals surface area (Å²) < 4.78 is 0. The molecule has 0 bridgehead atoms. The number of rotatable bonds is 22. The molecular weight excluding hydrogens is 388 g/mol. The van der Waals surface area contributed by atoms with E-state index in [9.17, 15) is 9.59 Å². The van der Waals surface area contributed by atoms with Crippen LogP contribution < -0.4 is 0 Å². The van der Waals surface area contributed by atoms with Gasteiger partial charge in [-0.05, 0) is 18.8 Å². The molecule has 0 atom stereocenters.